The monoisotopic (exact) mass is 233 g/mol. The number of pyridine rings is 1. The van der Waals surface area contributed by atoms with E-state index < -0.39 is 11.5 Å². The first-order chi connectivity index (χ1) is 8.10. The third-order valence-electron chi connectivity index (χ3n) is 2.42. The molecule has 0 unspecified atom stereocenters. The number of amides is 1. The Balaban J connectivity index is 3.04. The summed E-state index contributed by atoms with van der Waals surface area (Å²) in [6.45, 7) is 3.77. The van der Waals surface area contributed by atoms with Crippen LogP contribution >= 0.6 is 0 Å². The molecule has 0 aliphatic heterocycles. The molecule has 0 aliphatic rings. The fourth-order valence-corrected chi connectivity index (χ4v) is 1.57. The van der Waals surface area contributed by atoms with Gasteiger partial charge in [-0.3, -0.25) is 9.59 Å². The normalized spacial score (nSPS) is 9.71. The first-order valence-corrected chi connectivity index (χ1v) is 5.48. The molecule has 0 bridgehead atoms. The fraction of sp³-hybridized carbons (Fsp3) is 0.417. The maximum absolute atomic E-state index is 11.7. The number of aryl methyl sites for hydroxylation is 2. The lowest BCUT2D eigenvalue weighted by Crippen LogP contribution is -2.30. The van der Waals surface area contributed by atoms with Crippen molar-refractivity contribution < 1.29 is 4.79 Å². The van der Waals surface area contributed by atoms with Crippen LogP contribution in [0.15, 0.2) is 10.9 Å². The number of hydrogen-bond acceptors (Lipinski definition) is 3. The Hall–Kier alpha value is -2.09. The number of nitrogens with zero attached hydrogens (tertiary/aromatic N) is 1. The summed E-state index contributed by atoms with van der Waals surface area (Å²) in [7, 11) is 0. The second-order valence-electron chi connectivity index (χ2n) is 3.76. The molecule has 0 aliphatic carbocycles. The molecule has 1 heterocycles. The van der Waals surface area contributed by atoms with Gasteiger partial charge in [-0.05, 0) is 25.0 Å². The van der Waals surface area contributed by atoms with Crippen LogP contribution < -0.4 is 10.9 Å². The van der Waals surface area contributed by atoms with E-state index in [1.54, 1.807) is 12.1 Å². The molecule has 0 atom stereocenters. The molecule has 5 heteroatoms. The molecular weight excluding hydrogens is 218 g/mol. The lowest BCUT2D eigenvalue weighted by atomic mass is 10.1. The zero-order valence-corrected chi connectivity index (χ0v) is 9.96. The molecule has 1 aromatic rings. The first kappa shape index (κ1) is 13.0. The Morgan fingerprint density at radius 1 is 1.59 bits per heavy atom. The molecule has 0 saturated carbocycles. The van der Waals surface area contributed by atoms with Crippen LogP contribution in [-0.4, -0.2) is 17.4 Å². The smallest absolute Gasteiger partial charge is 0.261 e. The molecule has 17 heavy (non-hydrogen) atoms. The van der Waals surface area contributed by atoms with Gasteiger partial charge < -0.3 is 10.3 Å². The summed E-state index contributed by atoms with van der Waals surface area (Å²) in [4.78, 5) is 25.9. The van der Waals surface area contributed by atoms with E-state index in [1.165, 1.54) is 0 Å². The van der Waals surface area contributed by atoms with E-state index in [0.29, 0.717) is 0 Å². The van der Waals surface area contributed by atoms with Crippen LogP contribution in [0.5, 0.6) is 0 Å². The van der Waals surface area contributed by atoms with Crippen molar-refractivity contribution in [3.05, 3.63) is 33.2 Å². The van der Waals surface area contributed by atoms with Crippen molar-refractivity contribution in [3.63, 3.8) is 0 Å². The van der Waals surface area contributed by atoms with Gasteiger partial charge in [0, 0.05) is 5.69 Å². The van der Waals surface area contributed by atoms with Crippen LogP contribution in [0, 0.1) is 18.3 Å². The standard InChI is InChI=1S/C12H15N3O2/c1-3-4-10-8(2)7-9(12(17)15-10)11(16)14-6-5-13/h7H,3-4,6H2,1-2H3,(H,14,16)(H,15,17). The van der Waals surface area contributed by atoms with Gasteiger partial charge in [-0.25, -0.2) is 0 Å². The van der Waals surface area contributed by atoms with E-state index in [2.05, 4.69) is 10.3 Å². The van der Waals surface area contributed by atoms with Gasteiger partial charge in [0.2, 0.25) is 0 Å². The maximum atomic E-state index is 11.7. The highest BCUT2D eigenvalue weighted by Crippen LogP contribution is 2.06. The van der Waals surface area contributed by atoms with Crippen LogP contribution in [0.3, 0.4) is 0 Å². The van der Waals surface area contributed by atoms with Crippen LogP contribution in [-0.2, 0) is 6.42 Å². The van der Waals surface area contributed by atoms with Crippen molar-refractivity contribution in [2.45, 2.75) is 26.7 Å². The van der Waals surface area contributed by atoms with E-state index in [9.17, 15) is 9.59 Å². The number of aromatic amines is 1. The van der Waals surface area contributed by atoms with Crippen molar-refractivity contribution >= 4 is 5.91 Å². The number of carbonyl (C=O) groups is 1. The summed E-state index contributed by atoms with van der Waals surface area (Å²) in [5.74, 6) is -0.515. The summed E-state index contributed by atoms with van der Waals surface area (Å²) in [6.07, 6.45) is 1.71. The summed E-state index contributed by atoms with van der Waals surface area (Å²) in [5.41, 5.74) is 1.38. The minimum atomic E-state index is -0.515. The molecule has 0 spiro atoms. The molecule has 0 radical (unpaired) electrons. The van der Waals surface area contributed by atoms with Gasteiger partial charge in [-0.15, -0.1) is 0 Å². The fourth-order valence-electron chi connectivity index (χ4n) is 1.57. The molecule has 0 aromatic carbocycles. The minimum absolute atomic E-state index is 0.0533. The molecule has 0 saturated heterocycles. The zero-order chi connectivity index (χ0) is 12.8. The predicted molar refractivity (Wildman–Crippen MR) is 63.7 cm³/mol. The second-order valence-corrected chi connectivity index (χ2v) is 3.76. The number of carbonyl (C=O) groups excluding carboxylic acids is 1. The van der Waals surface area contributed by atoms with Gasteiger partial charge in [0.15, 0.2) is 0 Å². The van der Waals surface area contributed by atoms with Gasteiger partial charge in [0.25, 0.3) is 11.5 Å². The highest BCUT2D eigenvalue weighted by atomic mass is 16.2. The third kappa shape index (κ3) is 3.18. The highest BCUT2D eigenvalue weighted by molar-refractivity contribution is 5.94. The van der Waals surface area contributed by atoms with Crippen LogP contribution in [0.4, 0.5) is 0 Å². The number of rotatable bonds is 4. The first-order valence-electron chi connectivity index (χ1n) is 5.48. The van der Waals surface area contributed by atoms with Crippen molar-refractivity contribution in [2.24, 2.45) is 0 Å². The Morgan fingerprint density at radius 3 is 2.88 bits per heavy atom. The zero-order valence-electron chi connectivity index (χ0n) is 9.96. The van der Waals surface area contributed by atoms with Crippen LogP contribution in [0.25, 0.3) is 0 Å². The number of nitriles is 1. The van der Waals surface area contributed by atoms with Gasteiger partial charge >= 0.3 is 0 Å². The van der Waals surface area contributed by atoms with Crippen LogP contribution in [0.1, 0.15) is 35.0 Å². The third-order valence-corrected chi connectivity index (χ3v) is 2.42. The molecule has 90 valence electrons. The summed E-state index contributed by atoms with van der Waals surface area (Å²) < 4.78 is 0. The Labute approximate surface area is 99.5 Å². The van der Waals surface area contributed by atoms with Crippen molar-refractivity contribution in [2.75, 3.05) is 6.54 Å². The molecule has 1 rings (SSSR count). The van der Waals surface area contributed by atoms with E-state index in [0.717, 1.165) is 24.1 Å². The SMILES string of the molecule is CCCc1[nH]c(=O)c(C(=O)NCC#N)cc1C. The summed E-state index contributed by atoms with van der Waals surface area (Å²) in [6, 6.07) is 3.36. The van der Waals surface area contributed by atoms with Gasteiger partial charge in [0.05, 0.1) is 6.07 Å². The number of hydrogen-bond donors (Lipinski definition) is 2. The minimum Gasteiger partial charge on any atom is -0.339 e. The quantitative estimate of drug-likeness (QED) is 0.757. The molecule has 1 amide bonds. The molecular formula is C12H15N3O2. The van der Waals surface area contributed by atoms with Crippen molar-refractivity contribution in [1.29, 1.82) is 5.26 Å². The number of H-pyrrole nitrogens is 1. The number of nitrogens with one attached hydrogen (secondary N) is 2. The molecule has 5 nitrogen and oxygen atoms in total. The lowest BCUT2D eigenvalue weighted by Gasteiger charge is -2.06. The average molecular weight is 233 g/mol. The molecule has 2 N–H and O–H groups in total. The van der Waals surface area contributed by atoms with Crippen molar-refractivity contribution in [1.82, 2.24) is 10.3 Å². The lowest BCUT2D eigenvalue weighted by molar-refractivity contribution is 0.0957. The van der Waals surface area contributed by atoms with E-state index in [-0.39, 0.29) is 12.1 Å². The average Bonchev–Trinajstić information content (AvgIpc) is 2.30. The van der Waals surface area contributed by atoms with E-state index in [1.807, 2.05) is 13.8 Å². The van der Waals surface area contributed by atoms with Crippen LogP contribution in [0.2, 0.25) is 0 Å². The predicted octanol–water partition coefficient (Wildman–Crippen LogP) is 0.889. The number of aromatic nitrogens is 1. The Kier molecular flexibility index (Phi) is 4.46. The largest absolute Gasteiger partial charge is 0.339 e. The Morgan fingerprint density at radius 2 is 2.29 bits per heavy atom. The molecule has 0 fully saturated rings. The van der Waals surface area contributed by atoms with Gasteiger partial charge in [-0.1, -0.05) is 13.3 Å². The topological polar surface area (TPSA) is 85.8 Å². The van der Waals surface area contributed by atoms with Gasteiger partial charge in [0.1, 0.15) is 12.1 Å². The summed E-state index contributed by atoms with van der Waals surface area (Å²) in [5, 5.41) is 10.7. The molecule has 1 aromatic heterocycles. The Bertz CT molecular complexity index is 511. The maximum Gasteiger partial charge on any atom is 0.261 e. The van der Waals surface area contributed by atoms with Gasteiger partial charge in [-0.2, -0.15) is 5.26 Å². The second kappa shape index (κ2) is 5.85. The van der Waals surface area contributed by atoms with Crippen molar-refractivity contribution in [3.8, 4) is 6.07 Å². The highest BCUT2D eigenvalue weighted by Gasteiger charge is 2.12. The van der Waals surface area contributed by atoms with E-state index >= 15 is 0 Å². The summed E-state index contributed by atoms with van der Waals surface area (Å²) >= 11 is 0. The van der Waals surface area contributed by atoms with E-state index in [4.69, 9.17) is 5.26 Å².